The Kier molecular flexibility index (Phi) is 6.92. The van der Waals surface area contributed by atoms with Crippen molar-refractivity contribution in [2.75, 3.05) is 0 Å². The van der Waals surface area contributed by atoms with Crippen molar-refractivity contribution in [3.8, 4) is 5.75 Å². The van der Waals surface area contributed by atoms with Gasteiger partial charge in [-0.15, -0.1) is 0 Å². The zero-order valence-corrected chi connectivity index (χ0v) is 16.3. The van der Waals surface area contributed by atoms with Gasteiger partial charge in [-0.3, -0.25) is 9.79 Å². The van der Waals surface area contributed by atoms with Crippen LogP contribution >= 0.6 is 0 Å². The molecule has 30 heavy (non-hydrogen) atoms. The second-order valence-corrected chi connectivity index (χ2v) is 7.23. The number of para-hydroxylation sites is 1. The standard InChI is InChI=1S/C23H23F3N2O2/c24-23(25,26)22(14-21(30)16-8-2-1-3-9-16)28-19-12-6-5-11-18(19)27-15-17-10-4-7-13-20(17)29/h1-4,7-10,13-15,18-19,28-29H,5-6,11-12H2/b22-14+,27-15?/t18-,19-/m1/s1. The quantitative estimate of drug-likeness (QED) is 0.394. The summed E-state index contributed by atoms with van der Waals surface area (Å²) in [5, 5.41) is 12.4. The molecule has 0 spiro atoms. The van der Waals surface area contributed by atoms with E-state index in [9.17, 15) is 23.1 Å². The Balaban J connectivity index is 1.80. The molecule has 0 saturated heterocycles. The topological polar surface area (TPSA) is 61.7 Å². The van der Waals surface area contributed by atoms with E-state index in [0.29, 0.717) is 24.5 Å². The number of benzene rings is 2. The van der Waals surface area contributed by atoms with Crippen molar-refractivity contribution in [3.05, 3.63) is 77.5 Å². The molecular formula is C23H23F3N2O2. The number of phenolic OH excluding ortho intramolecular Hbond substituents is 1. The molecule has 158 valence electrons. The van der Waals surface area contributed by atoms with Crippen molar-refractivity contribution < 1.29 is 23.1 Å². The van der Waals surface area contributed by atoms with E-state index in [1.54, 1.807) is 36.4 Å². The van der Waals surface area contributed by atoms with Gasteiger partial charge in [-0.2, -0.15) is 13.2 Å². The molecule has 1 saturated carbocycles. The molecule has 2 aromatic carbocycles. The van der Waals surface area contributed by atoms with Gasteiger partial charge >= 0.3 is 6.18 Å². The van der Waals surface area contributed by atoms with Crippen molar-refractivity contribution >= 4 is 12.0 Å². The fraction of sp³-hybridized carbons (Fsp3) is 0.304. The second-order valence-electron chi connectivity index (χ2n) is 7.23. The number of halogens is 3. The molecule has 2 N–H and O–H groups in total. The number of alkyl halides is 3. The first-order valence-corrected chi connectivity index (χ1v) is 9.80. The number of ketones is 1. The number of aliphatic imine (C=N–C) groups is 1. The van der Waals surface area contributed by atoms with Gasteiger partial charge in [0.15, 0.2) is 5.78 Å². The highest BCUT2D eigenvalue weighted by molar-refractivity contribution is 6.04. The van der Waals surface area contributed by atoms with Gasteiger partial charge in [0.1, 0.15) is 11.4 Å². The fourth-order valence-electron chi connectivity index (χ4n) is 3.45. The van der Waals surface area contributed by atoms with E-state index in [-0.39, 0.29) is 11.3 Å². The van der Waals surface area contributed by atoms with Crippen LogP contribution in [0, 0.1) is 0 Å². The number of carbonyl (C=O) groups is 1. The Bertz CT molecular complexity index is 924. The minimum absolute atomic E-state index is 0.0610. The molecule has 0 heterocycles. The predicted octanol–water partition coefficient (Wildman–Crippen LogP) is 5.04. The molecule has 3 rings (SSSR count). The largest absolute Gasteiger partial charge is 0.507 e. The van der Waals surface area contributed by atoms with E-state index >= 15 is 0 Å². The molecule has 0 aromatic heterocycles. The molecule has 0 bridgehead atoms. The van der Waals surface area contributed by atoms with Crippen LogP contribution in [-0.4, -0.2) is 35.4 Å². The molecule has 2 atom stereocenters. The van der Waals surface area contributed by atoms with E-state index < -0.39 is 29.7 Å². The van der Waals surface area contributed by atoms with Crippen LogP contribution in [0.1, 0.15) is 41.6 Å². The van der Waals surface area contributed by atoms with Gasteiger partial charge in [0.25, 0.3) is 0 Å². The van der Waals surface area contributed by atoms with Crippen molar-refractivity contribution in [2.45, 2.75) is 43.9 Å². The molecule has 1 aliphatic carbocycles. The first-order chi connectivity index (χ1) is 14.3. The fourth-order valence-corrected chi connectivity index (χ4v) is 3.45. The van der Waals surface area contributed by atoms with Gasteiger partial charge in [-0.1, -0.05) is 55.3 Å². The molecular weight excluding hydrogens is 393 g/mol. The number of aromatic hydroxyl groups is 1. The number of allylic oxidation sites excluding steroid dienone is 2. The molecule has 0 radical (unpaired) electrons. The maximum absolute atomic E-state index is 13.6. The third-order valence-corrected chi connectivity index (χ3v) is 5.05. The minimum Gasteiger partial charge on any atom is -0.507 e. The summed E-state index contributed by atoms with van der Waals surface area (Å²) in [6.45, 7) is 0. The Hall–Kier alpha value is -3.09. The summed E-state index contributed by atoms with van der Waals surface area (Å²) in [6, 6.07) is 13.5. The lowest BCUT2D eigenvalue weighted by Crippen LogP contribution is -2.44. The lowest BCUT2D eigenvalue weighted by molar-refractivity contribution is -0.0983. The van der Waals surface area contributed by atoms with E-state index in [1.165, 1.54) is 24.4 Å². The summed E-state index contributed by atoms with van der Waals surface area (Å²) in [6.07, 6.45) is 0.190. The molecule has 1 aliphatic rings. The molecule has 7 heteroatoms. The summed E-state index contributed by atoms with van der Waals surface area (Å²) < 4.78 is 40.9. The monoisotopic (exact) mass is 416 g/mol. The third kappa shape index (κ3) is 5.72. The molecule has 0 aliphatic heterocycles. The highest BCUT2D eigenvalue weighted by Crippen LogP contribution is 2.29. The van der Waals surface area contributed by atoms with Gasteiger partial charge in [0.05, 0.1) is 6.04 Å². The highest BCUT2D eigenvalue weighted by atomic mass is 19.4. The lowest BCUT2D eigenvalue weighted by atomic mass is 9.90. The van der Waals surface area contributed by atoms with Gasteiger partial charge in [0.2, 0.25) is 0 Å². The maximum atomic E-state index is 13.6. The first-order valence-electron chi connectivity index (χ1n) is 9.80. The van der Waals surface area contributed by atoms with Crippen LogP contribution in [0.3, 0.4) is 0 Å². The second kappa shape index (κ2) is 9.61. The summed E-state index contributed by atoms with van der Waals surface area (Å²) >= 11 is 0. The number of hydrogen-bond acceptors (Lipinski definition) is 4. The van der Waals surface area contributed by atoms with E-state index in [2.05, 4.69) is 10.3 Å². The van der Waals surface area contributed by atoms with Crippen LogP contribution in [0.25, 0.3) is 0 Å². The summed E-state index contributed by atoms with van der Waals surface area (Å²) in [5.41, 5.74) is -0.363. The summed E-state index contributed by atoms with van der Waals surface area (Å²) in [4.78, 5) is 16.7. The van der Waals surface area contributed by atoms with Gasteiger partial charge in [-0.25, -0.2) is 0 Å². The van der Waals surface area contributed by atoms with Crippen LogP contribution in [0.15, 0.2) is 71.4 Å². The molecule has 0 unspecified atom stereocenters. The number of rotatable bonds is 6. The smallest absolute Gasteiger partial charge is 0.431 e. The Morgan fingerprint density at radius 3 is 2.40 bits per heavy atom. The zero-order valence-electron chi connectivity index (χ0n) is 16.3. The Morgan fingerprint density at radius 2 is 1.70 bits per heavy atom. The summed E-state index contributed by atoms with van der Waals surface area (Å²) in [5.74, 6) is -0.647. The number of nitrogens with zero attached hydrogens (tertiary/aromatic N) is 1. The van der Waals surface area contributed by atoms with Crippen LogP contribution in [0.4, 0.5) is 13.2 Å². The van der Waals surface area contributed by atoms with Crippen molar-refractivity contribution in [2.24, 2.45) is 4.99 Å². The first kappa shape index (κ1) is 21.6. The molecule has 4 nitrogen and oxygen atoms in total. The number of phenols is 1. The Morgan fingerprint density at radius 1 is 1.03 bits per heavy atom. The lowest BCUT2D eigenvalue weighted by Gasteiger charge is -2.31. The van der Waals surface area contributed by atoms with Crippen molar-refractivity contribution in [3.63, 3.8) is 0 Å². The molecule has 1 fully saturated rings. The van der Waals surface area contributed by atoms with E-state index in [4.69, 9.17) is 0 Å². The molecule has 0 amide bonds. The minimum atomic E-state index is -4.69. The maximum Gasteiger partial charge on any atom is 0.431 e. The summed E-state index contributed by atoms with van der Waals surface area (Å²) in [7, 11) is 0. The zero-order chi connectivity index (χ0) is 21.6. The van der Waals surface area contributed by atoms with Crippen LogP contribution in [0.2, 0.25) is 0 Å². The van der Waals surface area contributed by atoms with E-state index in [0.717, 1.165) is 12.8 Å². The van der Waals surface area contributed by atoms with E-state index in [1.807, 2.05) is 0 Å². The number of carbonyl (C=O) groups excluding carboxylic acids is 1. The normalized spacial score (nSPS) is 20.3. The average molecular weight is 416 g/mol. The SMILES string of the molecule is O=C(/C=C(/N[C@@H]1CCCC[C@H]1N=Cc1ccccc1O)C(F)(F)F)c1ccccc1. The number of nitrogens with one attached hydrogen (secondary N) is 1. The van der Waals surface area contributed by atoms with Gasteiger partial charge in [0, 0.05) is 29.5 Å². The van der Waals surface area contributed by atoms with Gasteiger partial charge < -0.3 is 10.4 Å². The van der Waals surface area contributed by atoms with Crippen molar-refractivity contribution in [1.82, 2.24) is 5.32 Å². The van der Waals surface area contributed by atoms with Crippen LogP contribution < -0.4 is 5.32 Å². The average Bonchev–Trinajstić information content (AvgIpc) is 2.73. The Labute approximate surface area is 173 Å². The predicted molar refractivity (Wildman–Crippen MR) is 110 cm³/mol. The highest BCUT2D eigenvalue weighted by Gasteiger charge is 2.37. The van der Waals surface area contributed by atoms with Crippen molar-refractivity contribution in [1.29, 1.82) is 0 Å². The van der Waals surface area contributed by atoms with Crippen LogP contribution in [-0.2, 0) is 0 Å². The van der Waals surface area contributed by atoms with Crippen LogP contribution in [0.5, 0.6) is 5.75 Å². The van der Waals surface area contributed by atoms with Gasteiger partial charge in [-0.05, 0) is 25.0 Å². The third-order valence-electron chi connectivity index (χ3n) is 5.05. The number of hydrogen-bond donors (Lipinski definition) is 2. The molecule has 2 aromatic rings.